The van der Waals surface area contributed by atoms with Gasteiger partial charge in [0.05, 0.1) is 17.0 Å². The molecule has 8 nitrogen and oxygen atoms in total. The summed E-state index contributed by atoms with van der Waals surface area (Å²) >= 11 is 0. The molecule has 7 aromatic rings. The molecule has 0 fully saturated rings. The topological polar surface area (TPSA) is 106 Å². The molecule has 1 aliphatic rings. The molecule has 2 aromatic heterocycles. The minimum atomic E-state index is -0.751. The number of H-pyrrole nitrogens is 1. The highest BCUT2D eigenvalue weighted by atomic mass is 16.6. The van der Waals surface area contributed by atoms with Crippen molar-refractivity contribution >= 4 is 27.7 Å². The molecule has 8 rings (SSSR count). The summed E-state index contributed by atoms with van der Waals surface area (Å²) in [6.45, 7) is 1.11. The first kappa shape index (κ1) is 31.0. The van der Waals surface area contributed by atoms with E-state index in [9.17, 15) is 14.7 Å². The SMILES string of the molecule is Cn1c(=O)c(C(c2cccc3c2OCCO3)c2[nH]c3ccccc3c2CCNC(=O)c2ccc(-c3ccccc3)cc2)c(O)c2ccccc21. The Labute approximate surface area is 288 Å². The van der Waals surface area contributed by atoms with E-state index in [4.69, 9.17) is 9.47 Å². The van der Waals surface area contributed by atoms with E-state index in [0.29, 0.717) is 59.7 Å². The van der Waals surface area contributed by atoms with Gasteiger partial charge in [-0.25, -0.2) is 0 Å². The average Bonchev–Trinajstić information content (AvgIpc) is 3.53. The van der Waals surface area contributed by atoms with Crippen molar-refractivity contribution in [2.75, 3.05) is 19.8 Å². The Balaban J connectivity index is 1.21. The van der Waals surface area contributed by atoms with Gasteiger partial charge in [0.2, 0.25) is 0 Å². The number of amides is 1. The second-order valence-corrected chi connectivity index (χ2v) is 12.5. The van der Waals surface area contributed by atoms with Crippen LogP contribution in [0.5, 0.6) is 17.2 Å². The van der Waals surface area contributed by atoms with Crippen LogP contribution < -0.4 is 20.3 Å². The predicted molar refractivity (Wildman–Crippen MR) is 195 cm³/mol. The summed E-state index contributed by atoms with van der Waals surface area (Å²) in [6, 6.07) is 38.6. The number of rotatable bonds is 8. The van der Waals surface area contributed by atoms with Crippen molar-refractivity contribution in [3.05, 3.63) is 160 Å². The number of aromatic amines is 1. The maximum atomic E-state index is 14.3. The highest BCUT2D eigenvalue weighted by molar-refractivity contribution is 5.95. The molecule has 50 heavy (non-hydrogen) atoms. The Morgan fingerprint density at radius 3 is 2.34 bits per heavy atom. The number of aromatic nitrogens is 2. The fraction of sp³-hybridized carbons (Fsp3) is 0.143. The highest BCUT2D eigenvalue weighted by Crippen LogP contribution is 2.47. The van der Waals surface area contributed by atoms with E-state index in [1.165, 1.54) is 0 Å². The van der Waals surface area contributed by atoms with Gasteiger partial charge in [0.15, 0.2) is 11.5 Å². The van der Waals surface area contributed by atoms with Crippen LogP contribution in [0.15, 0.2) is 126 Å². The van der Waals surface area contributed by atoms with E-state index in [-0.39, 0.29) is 22.8 Å². The van der Waals surface area contributed by atoms with Crippen molar-refractivity contribution in [2.45, 2.75) is 12.3 Å². The van der Waals surface area contributed by atoms with Gasteiger partial charge in [0.1, 0.15) is 19.0 Å². The van der Waals surface area contributed by atoms with Crippen molar-refractivity contribution in [2.24, 2.45) is 7.05 Å². The summed E-state index contributed by atoms with van der Waals surface area (Å²) in [5.41, 5.74) is 6.46. The molecule has 5 aromatic carbocycles. The van der Waals surface area contributed by atoms with Gasteiger partial charge >= 0.3 is 0 Å². The van der Waals surface area contributed by atoms with Crippen LogP contribution in [0, 0.1) is 0 Å². The van der Waals surface area contributed by atoms with Crippen LogP contribution in [-0.4, -0.2) is 40.3 Å². The molecular weight excluding hydrogens is 626 g/mol. The summed E-state index contributed by atoms with van der Waals surface area (Å²) in [5.74, 6) is 0.110. The van der Waals surface area contributed by atoms with Gasteiger partial charge in [-0.05, 0) is 59.5 Å². The first-order chi connectivity index (χ1) is 24.5. The third-order valence-electron chi connectivity index (χ3n) is 9.56. The van der Waals surface area contributed by atoms with E-state index in [2.05, 4.69) is 10.3 Å². The molecule has 0 spiro atoms. The van der Waals surface area contributed by atoms with Crippen molar-refractivity contribution in [1.29, 1.82) is 0 Å². The van der Waals surface area contributed by atoms with E-state index < -0.39 is 5.92 Å². The van der Waals surface area contributed by atoms with Gasteiger partial charge in [-0.3, -0.25) is 9.59 Å². The Kier molecular flexibility index (Phi) is 8.04. The molecule has 1 atom stereocenters. The van der Waals surface area contributed by atoms with Gasteiger partial charge < -0.3 is 29.4 Å². The molecular formula is C42H35N3O5. The van der Waals surface area contributed by atoms with Crippen LogP contribution >= 0.6 is 0 Å². The quantitative estimate of drug-likeness (QED) is 0.158. The molecule has 0 aliphatic carbocycles. The Morgan fingerprint density at radius 1 is 0.820 bits per heavy atom. The van der Waals surface area contributed by atoms with Crippen LogP contribution in [0.1, 0.15) is 38.7 Å². The Bertz CT molecular complexity index is 2430. The number of benzene rings is 5. The number of pyridine rings is 1. The number of fused-ring (bicyclic) bond motifs is 3. The number of para-hydroxylation sites is 3. The molecule has 0 saturated heterocycles. The molecule has 0 radical (unpaired) electrons. The molecule has 0 bridgehead atoms. The van der Waals surface area contributed by atoms with E-state index >= 15 is 0 Å². The first-order valence-electron chi connectivity index (χ1n) is 16.7. The third-order valence-corrected chi connectivity index (χ3v) is 9.56. The van der Waals surface area contributed by atoms with Crippen molar-refractivity contribution in [3.8, 4) is 28.4 Å². The molecule has 8 heteroatoms. The number of aromatic hydroxyl groups is 1. The summed E-state index contributed by atoms with van der Waals surface area (Å²) in [6.07, 6.45) is 0.463. The average molecular weight is 662 g/mol. The zero-order chi connectivity index (χ0) is 34.2. The maximum Gasteiger partial charge on any atom is 0.258 e. The van der Waals surface area contributed by atoms with Gasteiger partial charge in [-0.15, -0.1) is 0 Å². The fourth-order valence-corrected chi connectivity index (χ4v) is 7.13. The molecule has 1 unspecified atom stereocenters. The Hall–Kier alpha value is -6.28. The number of nitrogens with one attached hydrogen (secondary N) is 2. The molecule has 248 valence electrons. The molecule has 1 amide bonds. The van der Waals surface area contributed by atoms with E-state index in [1.807, 2.05) is 121 Å². The third kappa shape index (κ3) is 5.44. The van der Waals surface area contributed by atoms with Crippen molar-refractivity contribution in [1.82, 2.24) is 14.9 Å². The number of ether oxygens (including phenoxy) is 2. The predicted octanol–water partition coefficient (Wildman–Crippen LogP) is 7.32. The number of hydrogen-bond acceptors (Lipinski definition) is 5. The lowest BCUT2D eigenvalue weighted by Crippen LogP contribution is -2.27. The Morgan fingerprint density at radius 2 is 1.52 bits per heavy atom. The van der Waals surface area contributed by atoms with Crippen LogP contribution in [-0.2, 0) is 13.5 Å². The molecule has 3 N–H and O–H groups in total. The van der Waals surface area contributed by atoms with Gasteiger partial charge in [0, 0.05) is 46.7 Å². The normalized spacial score (nSPS) is 13.0. The lowest BCUT2D eigenvalue weighted by Gasteiger charge is -2.27. The van der Waals surface area contributed by atoms with Crippen molar-refractivity contribution < 1.29 is 19.4 Å². The molecule has 0 saturated carbocycles. The van der Waals surface area contributed by atoms with Gasteiger partial charge in [-0.1, -0.05) is 84.9 Å². The highest BCUT2D eigenvalue weighted by Gasteiger charge is 2.34. The summed E-state index contributed by atoms with van der Waals surface area (Å²) < 4.78 is 13.7. The number of aryl methyl sites for hydroxylation is 1. The number of carbonyl (C=O) groups is 1. The lowest BCUT2D eigenvalue weighted by molar-refractivity contribution is 0.0954. The van der Waals surface area contributed by atoms with Crippen LogP contribution in [0.25, 0.3) is 32.9 Å². The fourth-order valence-electron chi connectivity index (χ4n) is 7.13. The standard InChI is InChI=1S/C42H35N3O5/c1-45-34-16-8-6-13-31(34)39(46)37(42(45)48)36(32-14-9-17-35-40(32)50-25-24-49-35)38-30(29-12-5-7-15-33(29)44-38)22-23-43-41(47)28-20-18-27(19-21-28)26-10-3-2-4-11-26/h2-21,36,44,46H,22-25H2,1H3,(H,43,47). The zero-order valence-electron chi connectivity index (χ0n) is 27.5. The van der Waals surface area contributed by atoms with Crippen molar-refractivity contribution in [3.63, 3.8) is 0 Å². The minimum absolute atomic E-state index is 0.0834. The van der Waals surface area contributed by atoms with E-state index in [1.54, 1.807) is 11.6 Å². The first-order valence-corrected chi connectivity index (χ1v) is 16.7. The monoisotopic (exact) mass is 661 g/mol. The van der Waals surface area contributed by atoms with Crippen LogP contribution in [0.3, 0.4) is 0 Å². The summed E-state index contributed by atoms with van der Waals surface area (Å²) in [7, 11) is 1.72. The maximum absolute atomic E-state index is 14.3. The summed E-state index contributed by atoms with van der Waals surface area (Å²) in [5, 5.41) is 16.6. The van der Waals surface area contributed by atoms with Crippen LogP contribution in [0.4, 0.5) is 0 Å². The number of carbonyl (C=O) groups excluding carboxylic acids is 1. The lowest BCUT2D eigenvalue weighted by atomic mass is 9.84. The second kappa shape index (κ2) is 13.0. The van der Waals surface area contributed by atoms with E-state index in [0.717, 1.165) is 33.3 Å². The smallest absolute Gasteiger partial charge is 0.258 e. The summed E-state index contributed by atoms with van der Waals surface area (Å²) in [4.78, 5) is 31.3. The minimum Gasteiger partial charge on any atom is -0.507 e. The molecule has 1 aliphatic heterocycles. The number of hydrogen-bond donors (Lipinski definition) is 3. The van der Waals surface area contributed by atoms with Gasteiger partial charge in [-0.2, -0.15) is 0 Å². The zero-order valence-corrected chi connectivity index (χ0v) is 27.5. The largest absolute Gasteiger partial charge is 0.507 e. The van der Waals surface area contributed by atoms with Gasteiger partial charge in [0.25, 0.3) is 11.5 Å². The van der Waals surface area contributed by atoms with Crippen LogP contribution in [0.2, 0.25) is 0 Å². The molecule has 3 heterocycles. The number of nitrogens with zero attached hydrogens (tertiary/aromatic N) is 1. The second-order valence-electron chi connectivity index (χ2n) is 12.5.